The van der Waals surface area contributed by atoms with E-state index in [2.05, 4.69) is 11.9 Å². The van der Waals surface area contributed by atoms with E-state index >= 15 is 0 Å². The molecule has 0 aromatic carbocycles. The van der Waals surface area contributed by atoms with Gasteiger partial charge in [0.15, 0.2) is 0 Å². The van der Waals surface area contributed by atoms with Crippen LogP contribution < -0.4 is 5.32 Å². The second-order valence-corrected chi connectivity index (χ2v) is 6.89. The number of carbonyl (C=O) groups is 4. The van der Waals surface area contributed by atoms with Gasteiger partial charge in [0.25, 0.3) is 17.9 Å². The summed E-state index contributed by atoms with van der Waals surface area (Å²) < 4.78 is 15.1. The van der Waals surface area contributed by atoms with Crippen molar-refractivity contribution in [3.05, 3.63) is 12.7 Å². The Hall–Kier alpha value is -2.16. The average molecular weight is 331 g/mol. The van der Waals surface area contributed by atoms with Gasteiger partial charge in [-0.1, -0.05) is 6.58 Å². The summed E-state index contributed by atoms with van der Waals surface area (Å²) in [6, 6.07) is 0.0930. The lowest BCUT2D eigenvalue weighted by molar-refractivity contribution is -0.147. The maximum atomic E-state index is 11.2. The predicted octanol–water partition coefficient (Wildman–Crippen LogP) is 0.697. The van der Waals surface area contributed by atoms with E-state index in [9.17, 15) is 19.2 Å². The van der Waals surface area contributed by atoms with E-state index in [1.165, 1.54) is 0 Å². The minimum Gasteiger partial charge on any atom is -0.455 e. The number of unbranched alkanes of at least 4 members (excludes halogenated alkanes) is 1. The quantitative estimate of drug-likeness (QED) is 0.376. The average Bonchev–Trinajstić information content (AvgIpc) is 2.35. The maximum absolute atomic E-state index is 11.2. The Morgan fingerprint density at radius 2 is 1.41 bits per heavy atom. The Bertz CT molecular complexity index is 409. The second-order valence-electron chi connectivity index (χ2n) is 4.42. The van der Waals surface area contributed by atoms with Crippen molar-refractivity contribution in [3.8, 4) is 0 Å². The molecule has 0 saturated heterocycles. The van der Waals surface area contributed by atoms with Crippen LogP contribution in [0.25, 0.3) is 0 Å². The third kappa shape index (κ3) is 8.90. The molecule has 0 unspecified atom stereocenters. The van der Waals surface area contributed by atoms with Crippen molar-refractivity contribution in [2.75, 3.05) is 6.54 Å². The highest BCUT2D eigenvalue weighted by Gasteiger charge is 2.51. The molecule has 1 amide bonds. The van der Waals surface area contributed by atoms with E-state index in [4.69, 9.17) is 13.3 Å². The molecule has 0 bridgehead atoms. The Morgan fingerprint density at radius 3 is 1.77 bits per heavy atom. The van der Waals surface area contributed by atoms with Crippen LogP contribution in [0.15, 0.2) is 12.7 Å². The van der Waals surface area contributed by atoms with Crippen molar-refractivity contribution >= 4 is 32.6 Å². The molecule has 0 radical (unpaired) electrons. The first kappa shape index (κ1) is 19.8. The molecule has 0 aromatic rings. The van der Waals surface area contributed by atoms with Crippen LogP contribution in [0.5, 0.6) is 0 Å². The fourth-order valence-corrected chi connectivity index (χ4v) is 4.05. The molecule has 0 spiro atoms. The number of hydrogen-bond donors (Lipinski definition) is 1. The van der Waals surface area contributed by atoms with Crippen LogP contribution in [-0.2, 0) is 32.5 Å². The van der Waals surface area contributed by atoms with Gasteiger partial charge in [-0.3, -0.25) is 19.2 Å². The summed E-state index contributed by atoms with van der Waals surface area (Å²) in [5.74, 6) is -2.40. The smallest absolute Gasteiger partial charge is 0.455 e. The lowest BCUT2D eigenvalue weighted by atomic mass is 10.3. The molecule has 1 N–H and O–H groups in total. The lowest BCUT2D eigenvalue weighted by Crippen LogP contribution is -2.49. The van der Waals surface area contributed by atoms with E-state index in [1.54, 1.807) is 0 Å². The number of rotatable bonds is 9. The van der Waals surface area contributed by atoms with Gasteiger partial charge in [0.05, 0.1) is 6.04 Å². The van der Waals surface area contributed by atoms with Crippen molar-refractivity contribution in [1.29, 1.82) is 0 Å². The summed E-state index contributed by atoms with van der Waals surface area (Å²) in [4.78, 5) is 44.6. The van der Waals surface area contributed by atoms with Crippen molar-refractivity contribution < 1.29 is 32.5 Å². The van der Waals surface area contributed by atoms with Gasteiger partial charge < -0.3 is 18.6 Å². The fraction of sp³-hybridized carbons (Fsp3) is 0.538. The predicted molar refractivity (Wildman–Crippen MR) is 78.3 cm³/mol. The topological polar surface area (TPSA) is 108 Å². The maximum Gasteiger partial charge on any atom is 0.705 e. The minimum absolute atomic E-state index is 0.0930. The zero-order valence-electron chi connectivity index (χ0n) is 13.0. The van der Waals surface area contributed by atoms with E-state index in [1.807, 2.05) is 0 Å². The van der Waals surface area contributed by atoms with Crippen molar-refractivity contribution in [2.45, 2.75) is 39.7 Å². The third-order valence-electron chi connectivity index (χ3n) is 2.29. The monoisotopic (exact) mass is 331 g/mol. The molecule has 0 aliphatic heterocycles. The number of nitrogens with one attached hydrogen (secondary N) is 1. The third-order valence-corrected chi connectivity index (χ3v) is 5.05. The number of amides is 1. The van der Waals surface area contributed by atoms with Gasteiger partial charge in [-0.15, -0.1) is 0 Å². The normalized spacial score (nSPS) is 10.3. The van der Waals surface area contributed by atoms with Crippen LogP contribution in [-0.4, -0.2) is 39.2 Å². The van der Waals surface area contributed by atoms with Crippen LogP contribution >= 0.6 is 0 Å². The van der Waals surface area contributed by atoms with Gasteiger partial charge in [0.1, 0.15) is 0 Å². The molecule has 9 heteroatoms. The van der Waals surface area contributed by atoms with Crippen LogP contribution in [0.4, 0.5) is 0 Å². The second kappa shape index (κ2) is 9.72. The first-order valence-electron chi connectivity index (χ1n) is 6.70. The molecular weight excluding hydrogens is 310 g/mol. The molecule has 0 aliphatic rings. The molecule has 124 valence electrons. The van der Waals surface area contributed by atoms with Crippen LogP contribution in [0.2, 0.25) is 6.04 Å². The number of hydrogen-bond acceptors (Lipinski definition) is 7. The summed E-state index contributed by atoms with van der Waals surface area (Å²) in [7, 11) is -3.75. The fourth-order valence-electron chi connectivity index (χ4n) is 1.62. The summed E-state index contributed by atoms with van der Waals surface area (Å²) in [6.45, 7) is 7.10. The number of carbonyl (C=O) groups excluding carboxylic acids is 4. The first-order valence-corrected chi connectivity index (χ1v) is 8.63. The Morgan fingerprint density at radius 1 is 0.955 bits per heavy atom. The van der Waals surface area contributed by atoms with Crippen LogP contribution in [0, 0.1) is 0 Å². The van der Waals surface area contributed by atoms with E-state index in [0.29, 0.717) is 19.4 Å². The van der Waals surface area contributed by atoms with Gasteiger partial charge in [0.2, 0.25) is 5.91 Å². The highest BCUT2D eigenvalue weighted by atomic mass is 28.4. The van der Waals surface area contributed by atoms with E-state index in [-0.39, 0.29) is 12.0 Å². The highest BCUT2D eigenvalue weighted by molar-refractivity contribution is 6.65. The van der Waals surface area contributed by atoms with Crippen LogP contribution in [0.3, 0.4) is 0 Å². The molecule has 0 fully saturated rings. The highest BCUT2D eigenvalue weighted by Crippen LogP contribution is 2.20. The molecule has 22 heavy (non-hydrogen) atoms. The zero-order valence-corrected chi connectivity index (χ0v) is 14.0. The summed E-state index contributed by atoms with van der Waals surface area (Å²) in [5, 5.41) is 2.58. The van der Waals surface area contributed by atoms with Crippen molar-refractivity contribution in [2.24, 2.45) is 0 Å². The van der Waals surface area contributed by atoms with E-state index < -0.39 is 26.7 Å². The molecular formula is C13H21NO7Si. The molecule has 0 aromatic heterocycles. The molecule has 0 rings (SSSR count). The van der Waals surface area contributed by atoms with Crippen molar-refractivity contribution in [1.82, 2.24) is 5.32 Å². The standard InChI is InChI=1S/C13H21NO7Si/c1-5-13(18)14-8-6-7-9-22(19-10(2)15,20-11(3)16)21-12(4)17/h5H,1,6-9H2,2-4H3,(H,14,18). The Balaban J connectivity index is 4.70. The van der Waals surface area contributed by atoms with E-state index in [0.717, 1.165) is 26.8 Å². The first-order chi connectivity index (χ1) is 10.2. The molecule has 8 nitrogen and oxygen atoms in total. The lowest BCUT2D eigenvalue weighted by Gasteiger charge is -2.26. The Kier molecular flexibility index (Phi) is 8.76. The largest absolute Gasteiger partial charge is 0.705 e. The SMILES string of the molecule is C=CC(=O)NCCCC[Si](OC(C)=O)(OC(C)=O)OC(C)=O. The van der Waals surface area contributed by atoms with Crippen molar-refractivity contribution in [3.63, 3.8) is 0 Å². The van der Waals surface area contributed by atoms with Gasteiger partial charge in [-0.25, -0.2) is 0 Å². The summed E-state index contributed by atoms with van der Waals surface area (Å²) in [6.07, 6.45) is 2.10. The molecule has 0 heterocycles. The minimum atomic E-state index is -3.75. The van der Waals surface area contributed by atoms with Crippen LogP contribution in [0.1, 0.15) is 33.6 Å². The van der Waals surface area contributed by atoms with Gasteiger partial charge in [-0.2, -0.15) is 0 Å². The van der Waals surface area contributed by atoms with Gasteiger partial charge >= 0.3 is 8.80 Å². The summed E-state index contributed by atoms with van der Waals surface area (Å²) in [5.41, 5.74) is 0. The summed E-state index contributed by atoms with van der Waals surface area (Å²) >= 11 is 0. The Labute approximate surface area is 130 Å². The molecule has 0 atom stereocenters. The zero-order chi connectivity index (χ0) is 17.2. The molecule has 0 saturated carbocycles. The van der Waals surface area contributed by atoms with Gasteiger partial charge in [0, 0.05) is 27.3 Å². The van der Waals surface area contributed by atoms with Gasteiger partial charge in [-0.05, 0) is 18.9 Å². The molecule has 0 aliphatic carbocycles.